The van der Waals surface area contributed by atoms with E-state index in [1.807, 2.05) is 0 Å². The number of hydrogen-bond donors (Lipinski definition) is 1. The number of nitrogens with one attached hydrogen (secondary N) is 1. The molecule has 0 heterocycles. The molecular weight excluding hydrogens is 283 g/mol. The third-order valence-corrected chi connectivity index (χ3v) is 2.63. The smallest absolute Gasteiger partial charge is 0.387 e. The molecular formula is C15H12F3NO2. The Morgan fingerprint density at radius 1 is 1.14 bits per heavy atom. The molecule has 0 saturated heterocycles. The van der Waals surface area contributed by atoms with Gasteiger partial charge in [0, 0.05) is 0 Å². The number of ether oxygens (including phenoxy) is 1. The Morgan fingerprint density at radius 2 is 1.90 bits per heavy atom. The Labute approximate surface area is 119 Å². The third-order valence-electron chi connectivity index (χ3n) is 2.63. The molecule has 2 aromatic carbocycles. The van der Waals surface area contributed by atoms with Gasteiger partial charge in [-0.15, -0.1) is 0 Å². The molecule has 0 fully saturated rings. The Balaban J connectivity index is 2.06. The number of hydrogen-bond acceptors (Lipinski definition) is 2. The summed E-state index contributed by atoms with van der Waals surface area (Å²) in [5, 5.41) is 2.46. The SMILES string of the molecule is O=C(Cc1cccc(F)c1)Nc1ccccc1OC(F)F. The van der Waals surface area contributed by atoms with Crippen LogP contribution in [0.2, 0.25) is 0 Å². The minimum Gasteiger partial charge on any atom is -0.433 e. The van der Waals surface area contributed by atoms with E-state index in [0.717, 1.165) is 0 Å². The van der Waals surface area contributed by atoms with E-state index in [0.29, 0.717) is 5.56 Å². The number of benzene rings is 2. The summed E-state index contributed by atoms with van der Waals surface area (Å²) in [4.78, 5) is 11.9. The first kappa shape index (κ1) is 14.9. The minimum atomic E-state index is -2.98. The summed E-state index contributed by atoms with van der Waals surface area (Å²) < 4.78 is 41.8. The van der Waals surface area contributed by atoms with E-state index in [1.165, 1.54) is 36.4 Å². The number of halogens is 3. The monoisotopic (exact) mass is 295 g/mol. The van der Waals surface area contributed by atoms with E-state index in [4.69, 9.17) is 0 Å². The fourth-order valence-corrected chi connectivity index (χ4v) is 1.80. The maximum absolute atomic E-state index is 13.0. The van der Waals surface area contributed by atoms with Crippen LogP contribution in [0.4, 0.5) is 18.9 Å². The van der Waals surface area contributed by atoms with Crippen molar-refractivity contribution in [3.05, 3.63) is 59.9 Å². The second kappa shape index (κ2) is 6.78. The topological polar surface area (TPSA) is 38.3 Å². The zero-order valence-corrected chi connectivity index (χ0v) is 10.9. The van der Waals surface area contributed by atoms with Gasteiger partial charge in [0.15, 0.2) is 0 Å². The summed E-state index contributed by atoms with van der Waals surface area (Å²) in [7, 11) is 0. The summed E-state index contributed by atoms with van der Waals surface area (Å²) in [6.45, 7) is -2.98. The molecule has 0 bridgehead atoms. The standard InChI is InChI=1S/C15H12F3NO2/c16-11-5-3-4-10(8-11)9-14(20)19-12-6-1-2-7-13(12)21-15(17)18/h1-8,15H,9H2,(H,19,20). The van der Waals surface area contributed by atoms with Crippen LogP contribution in [-0.4, -0.2) is 12.5 Å². The zero-order chi connectivity index (χ0) is 15.2. The predicted octanol–water partition coefficient (Wildman–Crippen LogP) is 3.61. The first-order valence-electron chi connectivity index (χ1n) is 6.13. The van der Waals surface area contributed by atoms with E-state index >= 15 is 0 Å². The number of para-hydroxylation sites is 2. The van der Waals surface area contributed by atoms with E-state index < -0.39 is 18.3 Å². The molecule has 0 aliphatic rings. The van der Waals surface area contributed by atoms with E-state index in [9.17, 15) is 18.0 Å². The maximum Gasteiger partial charge on any atom is 0.387 e. The van der Waals surface area contributed by atoms with Crippen LogP contribution in [0.25, 0.3) is 0 Å². The van der Waals surface area contributed by atoms with Gasteiger partial charge in [-0.2, -0.15) is 8.78 Å². The molecule has 110 valence electrons. The number of alkyl halides is 2. The molecule has 3 nitrogen and oxygen atoms in total. The van der Waals surface area contributed by atoms with Crippen molar-refractivity contribution in [1.82, 2.24) is 0 Å². The molecule has 0 atom stereocenters. The van der Waals surface area contributed by atoms with E-state index in [-0.39, 0.29) is 17.9 Å². The summed E-state index contributed by atoms with van der Waals surface area (Å²) in [5.41, 5.74) is 0.624. The summed E-state index contributed by atoms with van der Waals surface area (Å²) in [6, 6.07) is 11.5. The van der Waals surface area contributed by atoms with Crippen LogP contribution in [0.3, 0.4) is 0 Å². The molecule has 0 aliphatic carbocycles. The van der Waals surface area contributed by atoms with Crippen molar-refractivity contribution in [2.45, 2.75) is 13.0 Å². The van der Waals surface area contributed by atoms with Gasteiger partial charge in [0.25, 0.3) is 0 Å². The summed E-state index contributed by atoms with van der Waals surface area (Å²) >= 11 is 0. The van der Waals surface area contributed by atoms with Crippen LogP contribution in [0.15, 0.2) is 48.5 Å². The van der Waals surface area contributed by atoms with Crippen molar-refractivity contribution < 1.29 is 22.7 Å². The fraction of sp³-hybridized carbons (Fsp3) is 0.133. The first-order chi connectivity index (χ1) is 10.0. The molecule has 0 spiro atoms. The van der Waals surface area contributed by atoms with Crippen molar-refractivity contribution in [3.8, 4) is 5.75 Å². The van der Waals surface area contributed by atoms with Crippen molar-refractivity contribution in [1.29, 1.82) is 0 Å². The van der Waals surface area contributed by atoms with Gasteiger partial charge in [0.05, 0.1) is 12.1 Å². The Bertz CT molecular complexity index is 632. The largest absolute Gasteiger partial charge is 0.433 e. The van der Waals surface area contributed by atoms with Gasteiger partial charge in [0.1, 0.15) is 11.6 Å². The van der Waals surface area contributed by atoms with Gasteiger partial charge in [-0.25, -0.2) is 4.39 Å². The number of carbonyl (C=O) groups is 1. The van der Waals surface area contributed by atoms with Gasteiger partial charge >= 0.3 is 6.61 Å². The predicted molar refractivity (Wildman–Crippen MR) is 71.8 cm³/mol. The number of amides is 1. The normalized spacial score (nSPS) is 10.5. The lowest BCUT2D eigenvalue weighted by molar-refractivity contribution is -0.115. The second-order valence-electron chi connectivity index (χ2n) is 4.23. The lowest BCUT2D eigenvalue weighted by Gasteiger charge is -2.11. The highest BCUT2D eigenvalue weighted by Crippen LogP contribution is 2.25. The molecule has 0 unspecified atom stereocenters. The molecule has 0 aromatic heterocycles. The van der Waals surface area contributed by atoms with E-state index in [1.54, 1.807) is 12.1 Å². The quantitative estimate of drug-likeness (QED) is 0.915. The lowest BCUT2D eigenvalue weighted by Crippen LogP contribution is -2.16. The maximum atomic E-state index is 13.0. The van der Waals surface area contributed by atoms with Crippen LogP contribution in [0.5, 0.6) is 5.75 Å². The molecule has 1 N–H and O–H groups in total. The van der Waals surface area contributed by atoms with Crippen LogP contribution in [0, 0.1) is 5.82 Å². The molecule has 0 aliphatic heterocycles. The van der Waals surface area contributed by atoms with Crippen LogP contribution in [-0.2, 0) is 11.2 Å². The number of carbonyl (C=O) groups excluding carboxylic acids is 1. The fourth-order valence-electron chi connectivity index (χ4n) is 1.80. The van der Waals surface area contributed by atoms with Crippen molar-refractivity contribution in [2.24, 2.45) is 0 Å². The lowest BCUT2D eigenvalue weighted by atomic mass is 10.1. The highest BCUT2D eigenvalue weighted by atomic mass is 19.3. The van der Waals surface area contributed by atoms with E-state index in [2.05, 4.69) is 10.1 Å². The van der Waals surface area contributed by atoms with Crippen LogP contribution in [0.1, 0.15) is 5.56 Å². The number of rotatable bonds is 5. The second-order valence-corrected chi connectivity index (χ2v) is 4.23. The molecule has 2 rings (SSSR count). The first-order valence-corrected chi connectivity index (χ1v) is 6.13. The van der Waals surface area contributed by atoms with Crippen LogP contribution < -0.4 is 10.1 Å². The van der Waals surface area contributed by atoms with Gasteiger partial charge < -0.3 is 10.1 Å². The van der Waals surface area contributed by atoms with Crippen LogP contribution >= 0.6 is 0 Å². The summed E-state index contributed by atoms with van der Waals surface area (Å²) in [5.74, 6) is -1.02. The molecule has 0 saturated carbocycles. The number of anilines is 1. The molecule has 2 aromatic rings. The summed E-state index contributed by atoms with van der Waals surface area (Å²) in [6.07, 6.45) is -0.0687. The highest BCUT2D eigenvalue weighted by molar-refractivity contribution is 5.93. The Kier molecular flexibility index (Phi) is 4.81. The zero-order valence-electron chi connectivity index (χ0n) is 10.9. The van der Waals surface area contributed by atoms with Gasteiger partial charge in [0.2, 0.25) is 5.91 Å². The Morgan fingerprint density at radius 3 is 2.62 bits per heavy atom. The van der Waals surface area contributed by atoms with Gasteiger partial charge in [-0.1, -0.05) is 24.3 Å². The third kappa shape index (κ3) is 4.52. The molecule has 1 amide bonds. The minimum absolute atomic E-state index is 0.0687. The van der Waals surface area contributed by atoms with Crippen molar-refractivity contribution in [3.63, 3.8) is 0 Å². The van der Waals surface area contributed by atoms with Gasteiger partial charge in [-0.05, 0) is 29.8 Å². The molecule has 0 radical (unpaired) electrons. The van der Waals surface area contributed by atoms with Crippen molar-refractivity contribution in [2.75, 3.05) is 5.32 Å². The Hall–Kier alpha value is -2.50. The average Bonchev–Trinajstić information content (AvgIpc) is 2.40. The molecule has 6 heteroatoms. The van der Waals surface area contributed by atoms with Crippen molar-refractivity contribution >= 4 is 11.6 Å². The molecule has 21 heavy (non-hydrogen) atoms. The highest BCUT2D eigenvalue weighted by Gasteiger charge is 2.12. The van der Waals surface area contributed by atoms with Gasteiger partial charge in [-0.3, -0.25) is 4.79 Å². The average molecular weight is 295 g/mol.